The summed E-state index contributed by atoms with van der Waals surface area (Å²) in [6.07, 6.45) is 4.49. The van der Waals surface area contributed by atoms with Crippen LogP contribution in [0.15, 0.2) is 53.1 Å². The van der Waals surface area contributed by atoms with Gasteiger partial charge in [0.2, 0.25) is 0 Å². The van der Waals surface area contributed by atoms with Crippen LogP contribution in [-0.4, -0.2) is 36.2 Å². The number of rotatable bonds is 8. The molecule has 26 heavy (non-hydrogen) atoms. The quantitative estimate of drug-likeness (QED) is 0.721. The summed E-state index contributed by atoms with van der Waals surface area (Å²) >= 11 is 0. The molecule has 0 aliphatic carbocycles. The van der Waals surface area contributed by atoms with Gasteiger partial charge in [0.15, 0.2) is 0 Å². The molecule has 1 aliphatic rings. The lowest BCUT2D eigenvalue weighted by Gasteiger charge is -2.27. The van der Waals surface area contributed by atoms with Crippen molar-refractivity contribution < 1.29 is 18.7 Å². The standard InChI is InChI=1S/C21H27NO4/c1-17(26-16-20-10-5-6-12-25-20)21(23)22(15-19-11-7-13-24-19)14-18-8-3-2-4-9-18/h2-4,7-9,11,13,17,20H,5-6,10,12,14-16H2,1H3. The largest absolute Gasteiger partial charge is 0.467 e. The third-order valence-corrected chi connectivity index (χ3v) is 4.61. The summed E-state index contributed by atoms with van der Waals surface area (Å²) in [4.78, 5) is 14.7. The maximum absolute atomic E-state index is 13.0. The van der Waals surface area contributed by atoms with Gasteiger partial charge in [-0.15, -0.1) is 0 Å². The summed E-state index contributed by atoms with van der Waals surface area (Å²) in [7, 11) is 0. The number of hydrogen-bond acceptors (Lipinski definition) is 4. The minimum absolute atomic E-state index is 0.0407. The van der Waals surface area contributed by atoms with Crippen molar-refractivity contribution >= 4 is 5.91 Å². The van der Waals surface area contributed by atoms with Gasteiger partial charge in [0.25, 0.3) is 5.91 Å². The lowest BCUT2D eigenvalue weighted by atomic mass is 10.1. The monoisotopic (exact) mass is 357 g/mol. The van der Waals surface area contributed by atoms with Gasteiger partial charge >= 0.3 is 0 Å². The molecule has 0 N–H and O–H groups in total. The zero-order valence-corrected chi connectivity index (χ0v) is 15.3. The molecule has 2 unspecified atom stereocenters. The van der Waals surface area contributed by atoms with Crippen molar-refractivity contribution in [1.29, 1.82) is 0 Å². The van der Waals surface area contributed by atoms with Crippen LogP contribution in [0.25, 0.3) is 0 Å². The Hall–Kier alpha value is -2.11. The molecule has 0 spiro atoms. The molecule has 2 aromatic rings. The molecule has 1 aromatic heterocycles. The number of furan rings is 1. The van der Waals surface area contributed by atoms with Crippen molar-refractivity contribution in [1.82, 2.24) is 4.90 Å². The van der Waals surface area contributed by atoms with Gasteiger partial charge in [-0.2, -0.15) is 0 Å². The van der Waals surface area contributed by atoms with Gasteiger partial charge in [0.1, 0.15) is 11.9 Å². The highest BCUT2D eigenvalue weighted by Gasteiger charge is 2.24. The van der Waals surface area contributed by atoms with E-state index in [1.807, 2.05) is 49.4 Å². The molecule has 1 fully saturated rings. The fourth-order valence-corrected chi connectivity index (χ4v) is 3.13. The second kappa shape index (κ2) is 9.55. The fraction of sp³-hybridized carbons (Fsp3) is 0.476. The Kier molecular flexibility index (Phi) is 6.86. The molecule has 2 atom stereocenters. The van der Waals surface area contributed by atoms with Crippen LogP contribution >= 0.6 is 0 Å². The number of benzene rings is 1. The molecular formula is C21H27NO4. The van der Waals surface area contributed by atoms with Crippen LogP contribution in [0, 0.1) is 0 Å². The molecule has 1 aromatic carbocycles. The van der Waals surface area contributed by atoms with E-state index in [4.69, 9.17) is 13.9 Å². The molecule has 1 saturated heterocycles. The summed E-state index contributed by atoms with van der Waals surface area (Å²) in [5, 5.41) is 0. The van der Waals surface area contributed by atoms with E-state index in [2.05, 4.69) is 0 Å². The van der Waals surface area contributed by atoms with Crippen LogP contribution in [0.2, 0.25) is 0 Å². The highest BCUT2D eigenvalue weighted by atomic mass is 16.5. The Morgan fingerprint density at radius 2 is 2.04 bits per heavy atom. The van der Waals surface area contributed by atoms with Gasteiger partial charge in [0.05, 0.1) is 25.5 Å². The maximum atomic E-state index is 13.0. The predicted octanol–water partition coefficient (Wildman–Crippen LogP) is 3.78. The number of ether oxygens (including phenoxy) is 2. The van der Waals surface area contributed by atoms with E-state index >= 15 is 0 Å². The first kappa shape index (κ1) is 18.7. The van der Waals surface area contributed by atoms with E-state index in [0.29, 0.717) is 19.7 Å². The number of carbonyl (C=O) groups excluding carboxylic acids is 1. The lowest BCUT2D eigenvalue weighted by Crippen LogP contribution is -2.39. The molecule has 0 saturated carbocycles. The summed E-state index contributed by atoms with van der Waals surface area (Å²) in [6.45, 7) is 4.01. The van der Waals surface area contributed by atoms with E-state index < -0.39 is 6.10 Å². The van der Waals surface area contributed by atoms with Crippen molar-refractivity contribution in [2.45, 2.75) is 51.5 Å². The van der Waals surface area contributed by atoms with E-state index in [1.54, 1.807) is 11.2 Å². The highest BCUT2D eigenvalue weighted by Crippen LogP contribution is 2.16. The second-order valence-corrected chi connectivity index (χ2v) is 6.72. The molecule has 5 nitrogen and oxygen atoms in total. The van der Waals surface area contributed by atoms with Crippen LogP contribution < -0.4 is 0 Å². The average molecular weight is 357 g/mol. The van der Waals surface area contributed by atoms with E-state index in [1.165, 1.54) is 0 Å². The van der Waals surface area contributed by atoms with Crippen molar-refractivity contribution in [2.75, 3.05) is 13.2 Å². The third-order valence-electron chi connectivity index (χ3n) is 4.61. The molecule has 2 heterocycles. The van der Waals surface area contributed by atoms with E-state index in [-0.39, 0.29) is 12.0 Å². The number of nitrogens with zero attached hydrogens (tertiary/aromatic N) is 1. The van der Waals surface area contributed by atoms with Crippen LogP contribution in [-0.2, 0) is 27.4 Å². The first-order valence-electron chi connectivity index (χ1n) is 9.30. The molecule has 0 radical (unpaired) electrons. The van der Waals surface area contributed by atoms with Gasteiger partial charge in [-0.1, -0.05) is 30.3 Å². The molecule has 5 heteroatoms. The molecule has 1 aliphatic heterocycles. The van der Waals surface area contributed by atoms with Crippen LogP contribution in [0.3, 0.4) is 0 Å². The third kappa shape index (κ3) is 5.44. The number of amides is 1. The lowest BCUT2D eigenvalue weighted by molar-refractivity contribution is -0.147. The number of carbonyl (C=O) groups is 1. The Labute approximate surface area is 154 Å². The van der Waals surface area contributed by atoms with Crippen molar-refractivity contribution in [3.05, 3.63) is 60.1 Å². The zero-order chi connectivity index (χ0) is 18.2. The smallest absolute Gasteiger partial charge is 0.252 e. The average Bonchev–Trinajstić information content (AvgIpc) is 3.20. The molecule has 1 amide bonds. The van der Waals surface area contributed by atoms with Gasteiger partial charge in [-0.3, -0.25) is 4.79 Å². The van der Waals surface area contributed by atoms with Crippen molar-refractivity contribution in [3.63, 3.8) is 0 Å². The van der Waals surface area contributed by atoms with Crippen molar-refractivity contribution in [3.8, 4) is 0 Å². The fourth-order valence-electron chi connectivity index (χ4n) is 3.13. The van der Waals surface area contributed by atoms with Crippen molar-refractivity contribution in [2.24, 2.45) is 0 Å². The summed E-state index contributed by atoms with van der Waals surface area (Å²) in [6, 6.07) is 13.7. The Morgan fingerprint density at radius 3 is 2.73 bits per heavy atom. The van der Waals surface area contributed by atoms with Gasteiger partial charge in [-0.05, 0) is 43.9 Å². The van der Waals surface area contributed by atoms with Gasteiger partial charge in [0, 0.05) is 13.2 Å². The normalized spacial score (nSPS) is 18.4. The Bertz CT molecular complexity index is 650. The summed E-state index contributed by atoms with van der Waals surface area (Å²) < 4.78 is 17.0. The summed E-state index contributed by atoms with van der Waals surface area (Å²) in [5.41, 5.74) is 1.08. The molecule has 140 valence electrons. The van der Waals surface area contributed by atoms with Crippen LogP contribution in [0.1, 0.15) is 37.5 Å². The summed E-state index contributed by atoms with van der Waals surface area (Å²) in [5.74, 6) is 0.721. The Morgan fingerprint density at radius 1 is 1.19 bits per heavy atom. The molecule has 3 rings (SSSR count). The SMILES string of the molecule is CC(OCC1CCCCO1)C(=O)N(Cc1ccccc1)Cc1ccco1. The minimum Gasteiger partial charge on any atom is -0.467 e. The number of hydrogen-bond donors (Lipinski definition) is 0. The molecular weight excluding hydrogens is 330 g/mol. The van der Waals surface area contributed by atoms with Gasteiger partial charge < -0.3 is 18.8 Å². The maximum Gasteiger partial charge on any atom is 0.252 e. The molecule has 0 bridgehead atoms. The van der Waals surface area contributed by atoms with E-state index in [0.717, 1.165) is 37.2 Å². The van der Waals surface area contributed by atoms with Crippen LogP contribution in [0.5, 0.6) is 0 Å². The predicted molar refractivity (Wildman–Crippen MR) is 98.4 cm³/mol. The topological polar surface area (TPSA) is 51.9 Å². The van der Waals surface area contributed by atoms with Gasteiger partial charge in [-0.25, -0.2) is 0 Å². The minimum atomic E-state index is -0.515. The van der Waals surface area contributed by atoms with Crippen LogP contribution in [0.4, 0.5) is 0 Å². The Balaban J connectivity index is 1.60. The zero-order valence-electron chi connectivity index (χ0n) is 15.3. The van der Waals surface area contributed by atoms with E-state index in [9.17, 15) is 4.79 Å². The highest BCUT2D eigenvalue weighted by molar-refractivity contribution is 5.80. The first-order chi connectivity index (χ1) is 12.7. The second-order valence-electron chi connectivity index (χ2n) is 6.72. The first-order valence-corrected chi connectivity index (χ1v) is 9.30.